The molecule has 8 heteroatoms. The van der Waals surface area contributed by atoms with Gasteiger partial charge in [0.25, 0.3) is 0 Å². The molecule has 0 bridgehead atoms. The highest BCUT2D eigenvalue weighted by molar-refractivity contribution is 7.89. The Morgan fingerprint density at radius 2 is 2.00 bits per heavy atom. The van der Waals surface area contributed by atoms with Gasteiger partial charge >= 0.3 is 0 Å². The molecule has 0 aromatic heterocycles. The number of hydrogen-bond acceptors (Lipinski definition) is 4. The summed E-state index contributed by atoms with van der Waals surface area (Å²) in [7, 11) is -1.76. The first kappa shape index (κ1) is 22.8. The Kier molecular flexibility index (Phi) is 8.72. The summed E-state index contributed by atoms with van der Waals surface area (Å²) in [6.45, 7) is 2.47. The van der Waals surface area contributed by atoms with E-state index in [0.29, 0.717) is 19.7 Å². The van der Waals surface area contributed by atoms with Gasteiger partial charge in [0.05, 0.1) is 11.0 Å². The molecule has 1 fully saturated rings. The van der Waals surface area contributed by atoms with Crippen LogP contribution in [0.1, 0.15) is 50.5 Å². The Balaban J connectivity index is 1.43. The highest BCUT2D eigenvalue weighted by atomic mass is 32.2. The second-order valence-electron chi connectivity index (χ2n) is 7.84. The van der Waals surface area contributed by atoms with Crippen LogP contribution in [0.4, 0.5) is 0 Å². The average molecular weight is 435 g/mol. The number of ether oxygens (including phenoxy) is 1. The highest BCUT2D eigenvalue weighted by Crippen LogP contribution is 2.19. The molecule has 2 aliphatic rings. The lowest BCUT2D eigenvalue weighted by molar-refractivity contribution is 0.114. The summed E-state index contributed by atoms with van der Waals surface area (Å²) in [6.07, 6.45) is 10.3. The van der Waals surface area contributed by atoms with Crippen molar-refractivity contribution >= 4 is 16.0 Å². The summed E-state index contributed by atoms with van der Waals surface area (Å²) in [4.78, 5) is 4.53. The van der Waals surface area contributed by atoms with Crippen molar-refractivity contribution < 1.29 is 13.2 Å². The molecule has 0 spiro atoms. The molecule has 30 heavy (non-hydrogen) atoms. The van der Waals surface area contributed by atoms with Gasteiger partial charge in [-0.1, -0.05) is 23.8 Å². The SMILES string of the molecule is CN=C(NCCC1=CCCCC1)NCc1ccc(S(=O)(=O)NCC2CCCO2)cc1. The largest absolute Gasteiger partial charge is 0.377 e. The van der Waals surface area contributed by atoms with Crippen molar-refractivity contribution in [2.45, 2.75) is 62.5 Å². The average Bonchev–Trinajstić information content (AvgIpc) is 3.30. The Bertz CT molecular complexity index is 828. The second-order valence-corrected chi connectivity index (χ2v) is 9.61. The summed E-state index contributed by atoms with van der Waals surface area (Å²) < 4.78 is 33.0. The van der Waals surface area contributed by atoms with Crippen LogP contribution in [0, 0.1) is 0 Å². The third-order valence-electron chi connectivity index (χ3n) is 5.57. The van der Waals surface area contributed by atoms with Crippen LogP contribution >= 0.6 is 0 Å². The molecule has 7 nitrogen and oxygen atoms in total. The highest BCUT2D eigenvalue weighted by Gasteiger charge is 2.20. The lowest BCUT2D eigenvalue weighted by atomic mass is 9.97. The van der Waals surface area contributed by atoms with Crippen molar-refractivity contribution in [2.75, 3.05) is 26.7 Å². The molecule has 0 amide bonds. The minimum absolute atomic E-state index is 0.0168. The van der Waals surface area contributed by atoms with E-state index in [0.717, 1.165) is 37.3 Å². The van der Waals surface area contributed by atoms with Crippen molar-refractivity contribution in [3.63, 3.8) is 0 Å². The van der Waals surface area contributed by atoms with Crippen molar-refractivity contribution in [3.8, 4) is 0 Å². The fourth-order valence-corrected chi connectivity index (χ4v) is 4.82. The third-order valence-corrected chi connectivity index (χ3v) is 7.01. The zero-order valence-corrected chi connectivity index (χ0v) is 18.6. The molecule has 1 saturated heterocycles. The predicted molar refractivity (Wildman–Crippen MR) is 120 cm³/mol. The third kappa shape index (κ3) is 7.11. The maximum absolute atomic E-state index is 12.4. The topological polar surface area (TPSA) is 91.8 Å². The Hall–Kier alpha value is -1.90. The molecule has 1 aliphatic carbocycles. The molecule has 1 aliphatic heterocycles. The Labute approximate surface area is 180 Å². The van der Waals surface area contributed by atoms with Gasteiger partial charge in [-0.15, -0.1) is 0 Å². The van der Waals surface area contributed by atoms with E-state index in [1.165, 1.54) is 31.3 Å². The fourth-order valence-electron chi connectivity index (χ4n) is 3.76. The van der Waals surface area contributed by atoms with Crippen molar-refractivity contribution in [1.29, 1.82) is 0 Å². The summed E-state index contributed by atoms with van der Waals surface area (Å²) >= 11 is 0. The van der Waals surface area contributed by atoms with E-state index in [-0.39, 0.29) is 11.0 Å². The molecule has 0 radical (unpaired) electrons. The van der Waals surface area contributed by atoms with Gasteiger partial charge < -0.3 is 15.4 Å². The Morgan fingerprint density at radius 1 is 1.17 bits per heavy atom. The van der Waals surface area contributed by atoms with Crippen LogP contribution in [0.25, 0.3) is 0 Å². The van der Waals surface area contributed by atoms with E-state index in [1.54, 1.807) is 19.2 Å². The van der Waals surface area contributed by atoms with Crippen LogP contribution in [0.15, 0.2) is 45.8 Å². The number of nitrogens with one attached hydrogen (secondary N) is 3. The van der Waals surface area contributed by atoms with E-state index in [2.05, 4.69) is 26.4 Å². The first-order chi connectivity index (χ1) is 14.6. The Morgan fingerprint density at radius 3 is 2.67 bits per heavy atom. The van der Waals surface area contributed by atoms with Gasteiger partial charge in [0.2, 0.25) is 10.0 Å². The van der Waals surface area contributed by atoms with Crippen LogP contribution in [0.5, 0.6) is 0 Å². The number of sulfonamides is 1. The number of guanidine groups is 1. The smallest absolute Gasteiger partial charge is 0.240 e. The van der Waals surface area contributed by atoms with Crippen LogP contribution in [0.2, 0.25) is 0 Å². The molecule has 0 saturated carbocycles. The van der Waals surface area contributed by atoms with Gasteiger partial charge in [-0.2, -0.15) is 0 Å². The summed E-state index contributed by atoms with van der Waals surface area (Å²) in [5, 5.41) is 6.63. The summed E-state index contributed by atoms with van der Waals surface area (Å²) in [6, 6.07) is 6.93. The number of hydrogen-bond donors (Lipinski definition) is 3. The molecular formula is C22H34N4O3S. The molecule has 3 N–H and O–H groups in total. The minimum Gasteiger partial charge on any atom is -0.377 e. The zero-order valence-electron chi connectivity index (χ0n) is 17.8. The first-order valence-electron chi connectivity index (χ1n) is 10.9. The normalized spacial score (nSPS) is 20.1. The molecule has 166 valence electrons. The maximum Gasteiger partial charge on any atom is 0.240 e. The lowest BCUT2D eigenvalue weighted by Gasteiger charge is -2.15. The van der Waals surface area contributed by atoms with Crippen molar-refractivity contribution in [2.24, 2.45) is 4.99 Å². The molecular weight excluding hydrogens is 400 g/mol. The molecule has 1 atom stereocenters. The van der Waals surface area contributed by atoms with Gasteiger partial charge in [0.15, 0.2) is 5.96 Å². The molecule has 1 aromatic rings. The van der Waals surface area contributed by atoms with Crippen molar-refractivity contribution in [1.82, 2.24) is 15.4 Å². The van der Waals surface area contributed by atoms with Crippen LogP contribution in [-0.4, -0.2) is 47.2 Å². The standard InChI is InChI=1S/C22H34N4O3S/c1-23-22(24-14-13-18-6-3-2-4-7-18)25-16-19-9-11-21(12-10-19)30(27,28)26-17-20-8-5-15-29-20/h6,9-12,20,26H,2-5,7-8,13-17H2,1H3,(H2,23,24,25). The van der Waals surface area contributed by atoms with Crippen LogP contribution < -0.4 is 15.4 Å². The number of nitrogens with zero attached hydrogens (tertiary/aromatic N) is 1. The van der Waals surface area contributed by atoms with E-state index in [9.17, 15) is 8.42 Å². The van der Waals surface area contributed by atoms with Crippen LogP contribution in [-0.2, 0) is 21.3 Å². The summed E-state index contributed by atoms with van der Waals surface area (Å²) in [5.41, 5.74) is 2.53. The van der Waals surface area contributed by atoms with Gasteiger partial charge in [-0.25, -0.2) is 13.1 Å². The molecule has 1 unspecified atom stereocenters. The number of allylic oxidation sites excluding steroid dienone is 1. The summed E-state index contributed by atoms with van der Waals surface area (Å²) in [5.74, 6) is 0.751. The van der Waals surface area contributed by atoms with Crippen molar-refractivity contribution in [3.05, 3.63) is 41.5 Å². The number of aliphatic imine (C=N–C) groups is 1. The van der Waals surface area contributed by atoms with E-state index >= 15 is 0 Å². The molecule has 3 rings (SSSR count). The number of benzene rings is 1. The van der Waals surface area contributed by atoms with E-state index < -0.39 is 10.0 Å². The maximum atomic E-state index is 12.4. The predicted octanol–water partition coefficient (Wildman–Crippen LogP) is 2.70. The molecule has 1 aromatic carbocycles. The lowest BCUT2D eigenvalue weighted by Crippen LogP contribution is -2.37. The second kappa shape index (κ2) is 11.5. The zero-order chi connectivity index (χ0) is 21.2. The first-order valence-corrected chi connectivity index (χ1v) is 12.4. The van der Waals surface area contributed by atoms with Gasteiger partial charge in [0.1, 0.15) is 0 Å². The number of rotatable bonds is 9. The van der Waals surface area contributed by atoms with Gasteiger partial charge in [-0.3, -0.25) is 4.99 Å². The van der Waals surface area contributed by atoms with Crippen LogP contribution in [0.3, 0.4) is 0 Å². The van der Waals surface area contributed by atoms with Gasteiger partial charge in [-0.05, 0) is 62.6 Å². The quantitative estimate of drug-likeness (QED) is 0.316. The minimum atomic E-state index is -3.52. The van der Waals surface area contributed by atoms with E-state index in [4.69, 9.17) is 4.74 Å². The van der Waals surface area contributed by atoms with E-state index in [1.807, 2.05) is 12.1 Å². The van der Waals surface area contributed by atoms with Gasteiger partial charge in [0, 0.05) is 33.3 Å². The monoisotopic (exact) mass is 434 g/mol. The molecule has 1 heterocycles. The fraction of sp³-hybridized carbons (Fsp3) is 0.591.